The number of thioether (sulfide) groups is 1. The highest BCUT2D eigenvalue weighted by atomic mass is 32.2. The first-order chi connectivity index (χ1) is 16.9. The van der Waals surface area contributed by atoms with Crippen LogP contribution in [0.5, 0.6) is 5.75 Å². The number of benzene rings is 3. The van der Waals surface area contributed by atoms with Gasteiger partial charge in [0.15, 0.2) is 5.82 Å². The molecule has 2 N–H and O–H groups in total. The molecule has 0 radical (unpaired) electrons. The van der Waals surface area contributed by atoms with Crippen molar-refractivity contribution in [3.8, 4) is 17.1 Å². The van der Waals surface area contributed by atoms with Crippen molar-refractivity contribution >= 4 is 23.4 Å². The zero-order chi connectivity index (χ0) is 24.5. The van der Waals surface area contributed by atoms with E-state index in [0.29, 0.717) is 11.0 Å². The molecule has 35 heavy (non-hydrogen) atoms. The lowest BCUT2D eigenvalue weighted by molar-refractivity contribution is -0.116. The molecule has 0 fully saturated rings. The first kappa shape index (κ1) is 23.0. The molecule has 0 spiro atoms. The van der Waals surface area contributed by atoms with Crippen LogP contribution < -0.4 is 15.5 Å². The molecule has 2 atom stereocenters. The van der Waals surface area contributed by atoms with Gasteiger partial charge in [-0.2, -0.15) is 0 Å². The standard InChI is InChI=1S/C27H27N5O2S/c1-16-14-17(2)22(18(3)15-16)28-26(33)24-23(19-10-12-21(34-4)13-11-19)31-32-25(29-30-27(32)35-24)20-8-6-5-7-9-20/h5-15,23-24,31H,1-4H3,(H,28,33)/t23-,24-/m1/s1. The molecule has 1 aliphatic rings. The van der Waals surface area contributed by atoms with E-state index in [4.69, 9.17) is 4.74 Å². The summed E-state index contributed by atoms with van der Waals surface area (Å²) in [5.74, 6) is 1.38. The van der Waals surface area contributed by atoms with Crippen LogP contribution in [0.15, 0.2) is 71.9 Å². The van der Waals surface area contributed by atoms with Crippen LogP contribution in [0.2, 0.25) is 0 Å². The van der Waals surface area contributed by atoms with E-state index in [1.54, 1.807) is 7.11 Å². The first-order valence-electron chi connectivity index (χ1n) is 11.4. The lowest BCUT2D eigenvalue weighted by Gasteiger charge is -2.33. The number of hydrogen-bond acceptors (Lipinski definition) is 6. The highest BCUT2D eigenvalue weighted by molar-refractivity contribution is 8.00. The molecule has 4 aromatic rings. The van der Waals surface area contributed by atoms with Crippen LogP contribution in [0.25, 0.3) is 11.4 Å². The van der Waals surface area contributed by atoms with E-state index < -0.39 is 5.25 Å². The van der Waals surface area contributed by atoms with E-state index in [1.807, 2.05) is 73.1 Å². The van der Waals surface area contributed by atoms with Gasteiger partial charge in [0.25, 0.3) is 0 Å². The van der Waals surface area contributed by atoms with Gasteiger partial charge in [-0.05, 0) is 49.6 Å². The Balaban J connectivity index is 1.52. The molecule has 178 valence electrons. The van der Waals surface area contributed by atoms with Gasteiger partial charge >= 0.3 is 0 Å². The number of fused-ring (bicyclic) bond motifs is 1. The topological polar surface area (TPSA) is 81.1 Å². The van der Waals surface area contributed by atoms with Crippen LogP contribution >= 0.6 is 11.8 Å². The fraction of sp³-hybridized carbons (Fsp3) is 0.222. The fourth-order valence-corrected chi connectivity index (χ4v) is 5.54. The molecule has 1 aromatic heterocycles. The van der Waals surface area contributed by atoms with Gasteiger partial charge in [0.1, 0.15) is 11.0 Å². The molecule has 0 aliphatic carbocycles. The summed E-state index contributed by atoms with van der Waals surface area (Å²) in [6.07, 6.45) is 0. The normalized spacial score (nSPS) is 16.8. The predicted octanol–water partition coefficient (Wildman–Crippen LogP) is 5.28. The van der Waals surface area contributed by atoms with Crippen LogP contribution in [0.1, 0.15) is 28.3 Å². The summed E-state index contributed by atoms with van der Waals surface area (Å²) in [6.45, 7) is 6.10. The Morgan fingerprint density at radius 2 is 1.69 bits per heavy atom. The Labute approximate surface area is 208 Å². The Hall–Kier alpha value is -3.78. The molecule has 0 bridgehead atoms. The third-order valence-corrected chi connectivity index (χ3v) is 7.34. The number of aryl methyl sites for hydroxylation is 3. The highest BCUT2D eigenvalue weighted by Gasteiger charge is 2.38. The number of hydrogen-bond donors (Lipinski definition) is 2. The number of carbonyl (C=O) groups is 1. The van der Waals surface area contributed by atoms with Gasteiger partial charge in [-0.25, -0.2) is 4.68 Å². The van der Waals surface area contributed by atoms with E-state index in [0.717, 1.165) is 33.7 Å². The Bertz CT molecular complexity index is 1350. The molecular weight excluding hydrogens is 458 g/mol. The number of rotatable bonds is 5. The van der Waals surface area contributed by atoms with Crippen molar-refractivity contribution in [2.45, 2.75) is 37.2 Å². The second-order valence-electron chi connectivity index (χ2n) is 8.69. The fourth-order valence-electron chi connectivity index (χ4n) is 4.46. The monoisotopic (exact) mass is 485 g/mol. The molecule has 8 heteroatoms. The van der Waals surface area contributed by atoms with Crippen molar-refractivity contribution in [1.29, 1.82) is 0 Å². The number of carbonyl (C=O) groups excluding carboxylic acids is 1. The minimum atomic E-state index is -0.469. The van der Waals surface area contributed by atoms with Gasteiger partial charge in [-0.1, -0.05) is 71.9 Å². The van der Waals surface area contributed by atoms with Crippen molar-refractivity contribution in [1.82, 2.24) is 14.9 Å². The van der Waals surface area contributed by atoms with Gasteiger partial charge in [0.05, 0.1) is 13.2 Å². The lowest BCUT2D eigenvalue weighted by Crippen LogP contribution is -2.41. The second kappa shape index (κ2) is 9.46. The molecule has 7 nitrogen and oxygen atoms in total. The zero-order valence-corrected chi connectivity index (χ0v) is 20.9. The number of ether oxygens (including phenoxy) is 1. The average molecular weight is 486 g/mol. The van der Waals surface area contributed by atoms with Crippen LogP contribution in [0.4, 0.5) is 5.69 Å². The van der Waals surface area contributed by atoms with E-state index >= 15 is 0 Å². The average Bonchev–Trinajstić information content (AvgIpc) is 3.29. The van der Waals surface area contributed by atoms with Crippen molar-refractivity contribution in [3.63, 3.8) is 0 Å². The number of nitrogens with one attached hydrogen (secondary N) is 2. The molecular formula is C27H27N5O2S. The van der Waals surface area contributed by atoms with Crippen LogP contribution in [-0.4, -0.2) is 33.1 Å². The van der Waals surface area contributed by atoms with Gasteiger partial charge in [-0.3, -0.25) is 4.79 Å². The Morgan fingerprint density at radius 1 is 1.00 bits per heavy atom. The van der Waals surface area contributed by atoms with Gasteiger partial charge in [0.2, 0.25) is 11.1 Å². The van der Waals surface area contributed by atoms with Crippen LogP contribution in [0.3, 0.4) is 0 Å². The smallest absolute Gasteiger partial charge is 0.240 e. The second-order valence-corrected chi connectivity index (χ2v) is 9.80. The summed E-state index contributed by atoms with van der Waals surface area (Å²) in [4.78, 5) is 13.7. The SMILES string of the molecule is COc1ccc([C@H]2Nn3c(nnc3-c3ccccc3)S[C@H]2C(=O)Nc2c(C)cc(C)cc2C)cc1. The zero-order valence-electron chi connectivity index (χ0n) is 20.1. The summed E-state index contributed by atoms with van der Waals surface area (Å²) >= 11 is 1.41. The first-order valence-corrected chi connectivity index (χ1v) is 12.3. The van der Waals surface area contributed by atoms with Crippen molar-refractivity contribution in [2.24, 2.45) is 0 Å². The molecule has 1 amide bonds. The maximum atomic E-state index is 13.7. The van der Waals surface area contributed by atoms with E-state index in [-0.39, 0.29) is 11.9 Å². The summed E-state index contributed by atoms with van der Waals surface area (Å²) in [6, 6.07) is 21.5. The maximum absolute atomic E-state index is 13.7. The highest BCUT2D eigenvalue weighted by Crippen LogP contribution is 2.39. The quantitative estimate of drug-likeness (QED) is 0.401. The van der Waals surface area contributed by atoms with E-state index in [9.17, 15) is 4.79 Å². The molecule has 0 saturated heterocycles. The van der Waals surface area contributed by atoms with Gasteiger partial charge in [0, 0.05) is 11.3 Å². The van der Waals surface area contributed by atoms with E-state index in [1.165, 1.54) is 17.3 Å². The molecule has 5 rings (SSSR count). The number of methoxy groups -OCH3 is 1. The Kier molecular flexibility index (Phi) is 6.21. The summed E-state index contributed by atoms with van der Waals surface area (Å²) in [7, 11) is 1.64. The van der Waals surface area contributed by atoms with Crippen molar-refractivity contribution in [2.75, 3.05) is 17.9 Å². The number of nitrogens with zero attached hydrogens (tertiary/aromatic N) is 3. The van der Waals surface area contributed by atoms with Gasteiger partial charge in [-0.15, -0.1) is 10.2 Å². The number of aromatic nitrogens is 3. The van der Waals surface area contributed by atoms with Gasteiger partial charge < -0.3 is 15.5 Å². The lowest BCUT2D eigenvalue weighted by atomic mass is 10.0. The van der Waals surface area contributed by atoms with Crippen molar-refractivity contribution in [3.05, 3.63) is 89.0 Å². The third-order valence-electron chi connectivity index (χ3n) is 6.13. The maximum Gasteiger partial charge on any atom is 0.240 e. The third kappa shape index (κ3) is 4.49. The minimum absolute atomic E-state index is 0.0890. The van der Waals surface area contributed by atoms with Crippen LogP contribution in [0, 0.1) is 20.8 Å². The summed E-state index contributed by atoms with van der Waals surface area (Å²) in [5.41, 5.74) is 9.54. The molecule has 1 aliphatic heterocycles. The largest absolute Gasteiger partial charge is 0.497 e. The van der Waals surface area contributed by atoms with E-state index in [2.05, 4.69) is 40.0 Å². The molecule has 2 heterocycles. The number of amides is 1. The number of anilines is 1. The summed E-state index contributed by atoms with van der Waals surface area (Å²) in [5, 5.41) is 12.2. The molecule has 0 unspecified atom stereocenters. The molecule has 0 saturated carbocycles. The van der Waals surface area contributed by atoms with Crippen molar-refractivity contribution < 1.29 is 9.53 Å². The Morgan fingerprint density at radius 3 is 2.34 bits per heavy atom. The summed E-state index contributed by atoms with van der Waals surface area (Å²) < 4.78 is 7.21. The minimum Gasteiger partial charge on any atom is -0.497 e. The molecule has 3 aromatic carbocycles. The predicted molar refractivity (Wildman–Crippen MR) is 139 cm³/mol. The van der Waals surface area contributed by atoms with Crippen LogP contribution in [-0.2, 0) is 4.79 Å².